The molecule has 0 amide bonds. The molecule has 2 unspecified atom stereocenters. The van der Waals surface area contributed by atoms with Gasteiger partial charge in [0.25, 0.3) is 0 Å². The van der Waals surface area contributed by atoms with Crippen LogP contribution in [-0.2, 0) is 65.4 Å². The number of ether oxygens (including phenoxy) is 4. The first kappa shape index (κ1) is 96.0. The fourth-order valence-corrected chi connectivity index (χ4v) is 12.0. The Morgan fingerprint density at radius 3 is 0.810 bits per heavy atom. The van der Waals surface area contributed by atoms with Gasteiger partial charge in [-0.2, -0.15) is 0 Å². The Bertz CT molecular complexity index is 2270. The Kier molecular flexibility index (Phi) is 70.4. The summed E-state index contributed by atoms with van der Waals surface area (Å²) in [6, 6.07) is 0. The third kappa shape index (κ3) is 72.3. The summed E-state index contributed by atoms with van der Waals surface area (Å²) in [5.74, 6) is -2.25. The monoisotopic (exact) mass is 1450 g/mol. The van der Waals surface area contributed by atoms with Crippen LogP contribution in [0.3, 0.4) is 0 Å². The van der Waals surface area contributed by atoms with Crippen molar-refractivity contribution in [2.45, 2.75) is 354 Å². The molecule has 0 aromatic heterocycles. The van der Waals surface area contributed by atoms with E-state index in [2.05, 4.69) is 113 Å². The van der Waals surface area contributed by atoms with Gasteiger partial charge in [0.05, 0.1) is 26.4 Å². The van der Waals surface area contributed by atoms with Crippen molar-refractivity contribution in [1.29, 1.82) is 0 Å². The fourth-order valence-electron chi connectivity index (χ4n) is 10.4. The first-order chi connectivity index (χ1) is 48.7. The minimum absolute atomic E-state index is 0.0753. The van der Waals surface area contributed by atoms with Crippen molar-refractivity contribution in [3.05, 3.63) is 97.2 Å². The molecule has 0 aliphatic carbocycles. The van der Waals surface area contributed by atoms with Crippen LogP contribution in [0.1, 0.15) is 336 Å². The first-order valence-corrected chi connectivity index (χ1v) is 42.5. The average molecular weight is 1450 g/mol. The first-order valence-electron chi connectivity index (χ1n) is 39.5. The van der Waals surface area contributed by atoms with Crippen LogP contribution in [0.5, 0.6) is 0 Å². The van der Waals surface area contributed by atoms with E-state index < -0.39 is 97.5 Å². The lowest BCUT2D eigenvalue weighted by molar-refractivity contribution is -0.161. The van der Waals surface area contributed by atoms with Crippen molar-refractivity contribution in [1.82, 2.24) is 0 Å². The number of phosphoric ester groups is 2. The molecule has 100 heavy (non-hydrogen) atoms. The van der Waals surface area contributed by atoms with Crippen molar-refractivity contribution in [2.75, 3.05) is 39.6 Å². The summed E-state index contributed by atoms with van der Waals surface area (Å²) in [5.41, 5.74) is 0. The normalized spacial score (nSPS) is 14.4. The maximum atomic E-state index is 13.1. The van der Waals surface area contributed by atoms with Crippen molar-refractivity contribution in [3.8, 4) is 0 Å². The minimum atomic E-state index is -4.98. The zero-order valence-electron chi connectivity index (χ0n) is 63.1. The predicted molar refractivity (Wildman–Crippen MR) is 409 cm³/mol. The maximum Gasteiger partial charge on any atom is 0.472 e. The molecule has 0 saturated carbocycles. The van der Waals surface area contributed by atoms with Gasteiger partial charge in [-0.1, -0.05) is 279 Å². The van der Waals surface area contributed by atoms with E-state index in [0.29, 0.717) is 32.1 Å². The van der Waals surface area contributed by atoms with E-state index in [1.54, 1.807) is 0 Å². The third-order valence-corrected chi connectivity index (χ3v) is 18.4. The summed E-state index contributed by atoms with van der Waals surface area (Å²) in [5, 5.41) is 10.6. The molecule has 0 heterocycles. The number of esters is 4. The summed E-state index contributed by atoms with van der Waals surface area (Å²) in [6.07, 6.45) is 76.8. The number of unbranched alkanes of at least 4 members (excludes halogenated alkanes) is 32. The smallest absolute Gasteiger partial charge is 0.462 e. The summed E-state index contributed by atoms with van der Waals surface area (Å²) < 4.78 is 68.5. The number of carbonyl (C=O) groups excluding carboxylic acids is 4. The average Bonchev–Trinajstić information content (AvgIpc) is 0.965. The van der Waals surface area contributed by atoms with Gasteiger partial charge in [-0.15, -0.1) is 0 Å². The van der Waals surface area contributed by atoms with E-state index in [9.17, 15) is 43.2 Å². The van der Waals surface area contributed by atoms with E-state index in [4.69, 9.17) is 37.0 Å². The number of allylic oxidation sites excluding steroid dienone is 16. The third-order valence-electron chi connectivity index (χ3n) is 16.5. The molecule has 17 nitrogen and oxygen atoms in total. The highest BCUT2D eigenvalue weighted by Crippen LogP contribution is 2.45. The molecule has 19 heteroatoms. The van der Waals surface area contributed by atoms with Crippen molar-refractivity contribution in [3.63, 3.8) is 0 Å². The topological polar surface area (TPSA) is 237 Å². The number of hydrogen-bond donors (Lipinski definition) is 3. The highest BCUT2D eigenvalue weighted by molar-refractivity contribution is 7.47. The second-order valence-corrected chi connectivity index (χ2v) is 29.2. The Morgan fingerprint density at radius 1 is 0.280 bits per heavy atom. The molecule has 0 bridgehead atoms. The zero-order valence-corrected chi connectivity index (χ0v) is 64.9. The number of aliphatic hydroxyl groups is 1. The number of aliphatic hydroxyl groups excluding tert-OH is 1. The van der Waals surface area contributed by atoms with Gasteiger partial charge < -0.3 is 33.8 Å². The van der Waals surface area contributed by atoms with Crippen LogP contribution < -0.4 is 0 Å². The van der Waals surface area contributed by atoms with Crippen molar-refractivity contribution < 1.29 is 80.2 Å². The number of rotatable bonds is 74. The molecule has 0 rings (SSSR count). The van der Waals surface area contributed by atoms with Crippen LogP contribution in [0.2, 0.25) is 0 Å². The second-order valence-electron chi connectivity index (χ2n) is 26.3. The summed E-state index contributed by atoms with van der Waals surface area (Å²) in [4.78, 5) is 72.9. The van der Waals surface area contributed by atoms with Crippen LogP contribution in [0, 0.1) is 0 Å². The lowest BCUT2D eigenvalue weighted by Gasteiger charge is -2.21. The highest BCUT2D eigenvalue weighted by atomic mass is 31.2. The van der Waals surface area contributed by atoms with Gasteiger partial charge in [-0.05, 0) is 128 Å². The zero-order chi connectivity index (χ0) is 73.2. The van der Waals surface area contributed by atoms with Gasteiger partial charge in [-0.3, -0.25) is 37.3 Å². The molecule has 0 aromatic carbocycles. The molecule has 0 fully saturated rings. The van der Waals surface area contributed by atoms with Crippen LogP contribution >= 0.6 is 15.6 Å². The molecule has 0 aromatic rings. The molecule has 0 saturated heterocycles. The van der Waals surface area contributed by atoms with Gasteiger partial charge in [0.1, 0.15) is 19.3 Å². The maximum absolute atomic E-state index is 13.1. The number of carbonyl (C=O) groups is 4. The Balaban J connectivity index is 5.40. The van der Waals surface area contributed by atoms with Crippen LogP contribution in [-0.4, -0.2) is 96.7 Å². The van der Waals surface area contributed by atoms with E-state index in [1.165, 1.54) is 109 Å². The second kappa shape index (κ2) is 73.3. The molecule has 0 radical (unpaired) electrons. The Morgan fingerprint density at radius 2 is 0.500 bits per heavy atom. The quantitative estimate of drug-likeness (QED) is 0.0169. The van der Waals surface area contributed by atoms with Crippen molar-refractivity contribution in [2.24, 2.45) is 0 Å². The van der Waals surface area contributed by atoms with E-state index in [-0.39, 0.29) is 25.7 Å². The highest BCUT2D eigenvalue weighted by Gasteiger charge is 2.30. The van der Waals surface area contributed by atoms with Gasteiger partial charge in [-0.25, -0.2) is 9.13 Å². The fraction of sp³-hybridized carbons (Fsp3) is 0.753. The molecule has 3 N–H and O–H groups in total. The van der Waals surface area contributed by atoms with E-state index >= 15 is 0 Å². The van der Waals surface area contributed by atoms with Gasteiger partial charge >= 0.3 is 39.5 Å². The standard InChI is InChI=1S/C81H142O17P2/c1-5-9-13-17-21-25-29-33-36-37-40-43-46-50-54-58-62-66-79(84)92-71-76(97-80(85)67-63-59-55-51-47-41-32-28-24-20-16-12-8-4)73-95-99(87,88)93-69-75(82)70-94-100(89,90)96-74-77(98-81(86)68-64-60-56-52-48-44-39-35-31-27-23-19-15-11-7-3)72-91-78(83)65-61-57-53-49-45-42-38-34-30-26-22-18-14-10-6-2/h21-23,25-27,33-36,38-40,43,50,54,75-77,82H,5-20,24,28-32,37,41-42,44-49,51-53,55-74H2,1-4H3,(H,87,88)(H,89,90)/b25-21-,26-22-,27-23-,36-33-,38-34-,39-35-,43-40-,54-50-/t75-,76+,77+/m0/s1. The summed E-state index contributed by atoms with van der Waals surface area (Å²) >= 11 is 0. The van der Waals surface area contributed by atoms with E-state index in [0.717, 1.165) is 141 Å². The molecule has 578 valence electrons. The Hall–Kier alpha value is -4.02. The lowest BCUT2D eigenvalue weighted by Crippen LogP contribution is -2.30. The molecular formula is C81H142O17P2. The van der Waals surface area contributed by atoms with Crippen LogP contribution in [0.15, 0.2) is 97.2 Å². The van der Waals surface area contributed by atoms with Gasteiger partial charge in [0.2, 0.25) is 0 Å². The minimum Gasteiger partial charge on any atom is -0.462 e. The van der Waals surface area contributed by atoms with E-state index in [1.807, 2.05) is 12.2 Å². The SMILES string of the molecule is CCCCC/C=C\C/C=C\C/C=C\C/C=C\CCCC(=O)OC[C@H](COP(=O)(O)OC[C@H](O)COP(=O)(O)OC[C@@H](COC(=O)CCCCCCC/C=C\C/C=C\CCCCC)OC(=O)CCCCCCC/C=C\C/C=C\CCCCC)OC(=O)CCCCCCCCCCCCCCC. The predicted octanol–water partition coefficient (Wildman–Crippen LogP) is 22.8. The summed E-state index contributed by atoms with van der Waals surface area (Å²) in [6.45, 7) is 4.73. The number of hydrogen-bond acceptors (Lipinski definition) is 15. The molecular weight excluding hydrogens is 1310 g/mol. The molecule has 0 spiro atoms. The molecule has 0 aliphatic heterocycles. The van der Waals surface area contributed by atoms with Crippen molar-refractivity contribution >= 4 is 39.5 Å². The van der Waals surface area contributed by atoms with Crippen LogP contribution in [0.25, 0.3) is 0 Å². The lowest BCUT2D eigenvalue weighted by atomic mass is 10.0. The molecule has 5 atom stereocenters. The van der Waals surface area contributed by atoms with Gasteiger partial charge in [0.15, 0.2) is 12.2 Å². The summed E-state index contributed by atoms with van der Waals surface area (Å²) in [7, 11) is -9.97. The van der Waals surface area contributed by atoms with Gasteiger partial charge in [0, 0.05) is 25.7 Å². The molecule has 0 aliphatic rings. The number of phosphoric acid groups is 2. The van der Waals surface area contributed by atoms with Crippen LogP contribution in [0.4, 0.5) is 0 Å². The largest absolute Gasteiger partial charge is 0.472 e. The Labute approximate surface area is 607 Å².